The van der Waals surface area contributed by atoms with Crippen LogP contribution in [0.3, 0.4) is 0 Å². The summed E-state index contributed by atoms with van der Waals surface area (Å²) in [7, 11) is 0. The van der Waals surface area contributed by atoms with E-state index in [0.717, 1.165) is 11.3 Å². The first-order valence-electron chi connectivity index (χ1n) is 11.6. The molecule has 0 fully saturated rings. The van der Waals surface area contributed by atoms with Crippen molar-refractivity contribution in [1.82, 2.24) is 5.32 Å². The van der Waals surface area contributed by atoms with Gasteiger partial charge in [0.1, 0.15) is 23.2 Å². The number of hydrogen-bond acceptors (Lipinski definition) is 7. The normalized spacial score (nSPS) is 10.9. The topological polar surface area (TPSA) is 111 Å². The lowest BCUT2D eigenvalue weighted by molar-refractivity contribution is -0.134. The number of carbonyl (C=O) groups is 2. The van der Waals surface area contributed by atoms with E-state index in [4.69, 9.17) is 18.6 Å². The molecule has 36 heavy (non-hydrogen) atoms. The molecule has 0 atom stereocenters. The molecule has 0 saturated carbocycles. The Bertz CT molecular complexity index is 1220. The molecular weight excluding hydrogens is 460 g/mol. The van der Waals surface area contributed by atoms with Gasteiger partial charge in [-0.15, -0.1) is 0 Å². The third-order valence-electron chi connectivity index (χ3n) is 4.99. The molecule has 186 valence electrons. The van der Waals surface area contributed by atoms with E-state index in [-0.39, 0.29) is 24.3 Å². The SMILES string of the molecule is CCOc1cc(/C=C(\C#N)C(=O)NCc2ccco2)ccc1OC(=O)CCCOc1ccc(C)cc1. The van der Waals surface area contributed by atoms with Gasteiger partial charge in [0.2, 0.25) is 0 Å². The summed E-state index contributed by atoms with van der Waals surface area (Å²) in [6, 6.07) is 17.9. The van der Waals surface area contributed by atoms with Crippen LogP contribution >= 0.6 is 0 Å². The van der Waals surface area contributed by atoms with Crippen LogP contribution in [0.2, 0.25) is 0 Å². The molecule has 1 aromatic heterocycles. The maximum absolute atomic E-state index is 12.4. The molecule has 8 nitrogen and oxygen atoms in total. The highest BCUT2D eigenvalue weighted by molar-refractivity contribution is 6.01. The Labute approximate surface area is 210 Å². The minimum Gasteiger partial charge on any atom is -0.494 e. The van der Waals surface area contributed by atoms with E-state index in [9.17, 15) is 14.9 Å². The number of ether oxygens (including phenoxy) is 3. The number of nitrogens with zero attached hydrogens (tertiary/aromatic N) is 1. The van der Waals surface area contributed by atoms with Gasteiger partial charge < -0.3 is 23.9 Å². The molecule has 1 N–H and O–H groups in total. The monoisotopic (exact) mass is 488 g/mol. The first-order valence-corrected chi connectivity index (χ1v) is 11.6. The third-order valence-corrected chi connectivity index (χ3v) is 4.99. The van der Waals surface area contributed by atoms with Gasteiger partial charge in [-0.05, 0) is 68.3 Å². The summed E-state index contributed by atoms with van der Waals surface area (Å²) in [5.41, 5.74) is 1.62. The van der Waals surface area contributed by atoms with Crippen molar-refractivity contribution in [3.63, 3.8) is 0 Å². The van der Waals surface area contributed by atoms with Crippen LogP contribution in [0.25, 0.3) is 6.08 Å². The van der Waals surface area contributed by atoms with E-state index < -0.39 is 11.9 Å². The lowest BCUT2D eigenvalue weighted by atomic mass is 10.1. The largest absolute Gasteiger partial charge is 0.494 e. The summed E-state index contributed by atoms with van der Waals surface area (Å²) in [5.74, 6) is 0.981. The summed E-state index contributed by atoms with van der Waals surface area (Å²) < 4.78 is 21.9. The first-order chi connectivity index (χ1) is 17.5. The average molecular weight is 489 g/mol. The second-order valence-corrected chi connectivity index (χ2v) is 7.81. The number of amides is 1. The molecule has 0 unspecified atom stereocenters. The molecule has 0 aliphatic carbocycles. The fourth-order valence-corrected chi connectivity index (χ4v) is 3.17. The Morgan fingerprint density at radius 1 is 1.08 bits per heavy atom. The van der Waals surface area contributed by atoms with Crippen LogP contribution in [0.4, 0.5) is 0 Å². The Balaban J connectivity index is 1.57. The summed E-state index contributed by atoms with van der Waals surface area (Å²) in [6.07, 6.45) is 3.61. The van der Waals surface area contributed by atoms with Crippen molar-refractivity contribution in [1.29, 1.82) is 5.26 Å². The predicted molar refractivity (Wildman–Crippen MR) is 133 cm³/mol. The standard InChI is InChI=1S/C28H28N2O6/c1-3-33-26-17-21(16-22(18-29)28(32)30-19-24-6-4-14-35-24)10-13-25(26)36-27(31)7-5-15-34-23-11-8-20(2)9-12-23/h4,6,8-14,16-17H,3,5,7,15,19H2,1-2H3,(H,30,32)/b22-16+. The molecule has 1 amide bonds. The maximum atomic E-state index is 12.4. The van der Waals surface area contributed by atoms with Crippen molar-refractivity contribution in [3.8, 4) is 23.3 Å². The molecule has 0 aliphatic heterocycles. The molecule has 3 aromatic rings. The van der Waals surface area contributed by atoms with Crippen molar-refractivity contribution in [3.05, 3.63) is 83.3 Å². The van der Waals surface area contributed by atoms with Gasteiger partial charge in [0, 0.05) is 6.42 Å². The van der Waals surface area contributed by atoms with Gasteiger partial charge in [-0.2, -0.15) is 5.26 Å². The molecule has 3 rings (SSSR count). The minimum atomic E-state index is -0.532. The Hall–Kier alpha value is -4.51. The molecule has 8 heteroatoms. The highest BCUT2D eigenvalue weighted by Gasteiger charge is 2.14. The van der Waals surface area contributed by atoms with Gasteiger partial charge >= 0.3 is 5.97 Å². The van der Waals surface area contributed by atoms with Gasteiger partial charge in [0.25, 0.3) is 5.91 Å². The lowest BCUT2D eigenvalue weighted by Crippen LogP contribution is -2.23. The molecular formula is C28H28N2O6. The van der Waals surface area contributed by atoms with Crippen LogP contribution in [-0.2, 0) is 16.1 Å². The zero-order valence-electron chi connectivity index (χ0n) is 20.3. The van der Waals surface area contributed by atoms with Gasteiger partial charge in [0.05, 0.1) is 26.0 Å². The molecule has 0 spiro atoms. The van der Waals surface area contributed by atoms with Gasteiger partial charge in [-0.3, -0.25) is 9.59 Å². The van der Waals surface area contributed by atoms with Crippen LogP contribution in [0.15, 0.2) is 70.9 Å². The number of nitrogens with one attached hydrogen (secondary N) is 1. The second kappa shape index (κ2) is 13.4. The summed E-state index contributed by atoms with van der Waals surface area (Å²) in [5, 5.41) is 12.1. The number of rotatable bonds is 12. The molecule has 2 aromatic carbocycles. The fourth-order valence-electron chi connectivity index (χ4n) is 3.17. The van der Waals surface area contributed by atoms with E-state index in [0.29, 0.717) is 36.7 Å². The zero-order chi connectivity index (χ0) is 25.8. The van der Waals surface area contributed by atoms with Crippen molar-refractivity contribution in [2.45, 2.75) is 33.2 Å². The average Bonchev–Trinajstić information content (AvgIpc) is 3.40. The lowest BCUT2D eigenvalue weighted by Gasteiger charge is -2.12. The minimum absolute atomic E-state index is 0.0812. The Morgan fingerprint density at radius 2 is 1.89 bits per heavy atom. The molecule has 1 heterocycles. The van der Waals surface area contributed by atoms with E-state index in [1.165, 1.54) is 12.3 Å². The number of benzene rings is 2. The smallest absolute Gasteiger partial charge is 0.311 e. The summed E-state index contributed by atoms with van der Waals surface area (Å²) in [6.45, 7) is 4.71. The number of esters is 1. The quantitative estimate of drug-likeness (QED) is 0.126. The highest BCUT2D eigenvalue weighted by Crippen LogP contribution is 2.30. The van der Waals surface area contributed by atoms with E-state index in [2.05, 4.69) is 5.32 Å². The van der Waals surface area contributed by atoms with Crippen LogP contribution in [-0.4, -0.2) is 25.1 Å². The third kappa shape index (κ3) is 8.06. The molecule has 0 saturated heterocycles. The van der Waals surface area contributed by atoms with Crippen LogP contribution in [0, 0.1) is 18.3 Å². The summed E-state index contributed by atoms with van der Waals surface area (Å²) >= 11 is 0. The molecule has 0 radical (unpaired) electrons. The van der Waals surface area contributed by atoms with Crippen molar-refractivity contribution >= 4 is 18.0 Å². The van der Waals surface area contributed by atoms with Gasteiger partial charge in [0.15, 0.2) is 11.5 Å². The van der Waals surface area contributed by atoms with E-state index in [1.807, 2.05) is 37.3 Å². The number of hydrogen-bond donors (Lipinski definition) is 1. The molecule has 0 aliphatic rings. The van der Waals surface area contributed by atoms with Crippen molar-refractivity contribution < 1.29 is 28.2 Å². The number of carbonyl (C=O) groups excluding carboxylic acids is 2. The second-order valence-electron chi connectivity index (χ2n) is 7.81. The number of nitriles is 1. The number of furan rings is 1. The van der Waals surface area contributed by atoms with Gasteiger partial charge in [-0.1, -0.05) is 23.8 Å². The summed E-state index contributed by atoms with van der Waals surface area (Å²) in [4.78, 5) is 24.7. The number of aryl methyl sites for hydroxylation is 1. The zero-order valence-corrected chi connectivity index (χ0v) is 20.3. The Morgan fingerprint density at radius 3 is 2.58 bits per heavy atom. The van der Waals surface area contributed by atoms with Gasteiger partial charge in [-0.25, -0.2) is 0 Å². The van der Waals surface area contributed by atoms with Crippen molar-refractivity contribution in [2.24, 2.45) is 0 Å². The van der Waals surface area contributed by atoms with Crippen LogP contribution in [0.5, 0.6) is 17.2 Å². The highest BCUT2D eigenvalue weighted by atomic mass is 16.6. The van der Waals surface area contributed by atoms with E-state index >= 15 is 0 Å². The van der Waals surface area contributed by atoms with Crippen molar-refractivity contribution in [2.75, 3.05) is 13.2 Å². The fraction of sp³-hybridized carbons (Fsp3) is 0.250. The van der Waals surface area contributed by atoms with Crippen LogP contribution < -0.4 is 19.5 Å². The van der Waals surface area contributed by atoms with E-state index in [1.54, 1.807) is 37.3 Å². The van der Waals surface area contributed by atoms with Crippen LogP contribution in [0.1, 0.15) is 36.7 Å². The molecule has 0 bridgehead atoms. The first kappa shape index (κ1) is 26.1. The maximum Gasteiger partial charge on any atom is 0.311 e. The predicted octanol–water partition coefficient (Wildman–Crippen LogP) is 4.97. The Kier molecular flexibility index (Phi) is 9.71.